The highest BCUT2D eigenvalue weighted by Gasteiger charge is 2.17. The second kappa shape index (κ2) is 7.68. The lowest BCUT2D eigenvalue weighted by Crippen LogP contribution is -2.42. The molecule has 2 rings (SSSR count). The third-order valence-corrected chi connectivity index (χ3v) is 3.02. The summed E-state index contributed by atoms with van der Waals surface area (Å²) in [6.45, 7) is 6.05. The minimum absolute atomic E-state index is 0.109. The van der Waals surface area contributed by atoms with E-state index in [0.29, 0.717) is 17.9 Å². The summed E-state index contributed by atoms with van der Waals surface area (Å²) in [6.07, 6.45) is 0.307. The van der Waals surface area contributed by atoms with Crippen LogP contribution in [0.1, 0.15) is 43.5 Å². The number of carbonyl (C=O) groups excluding carboxylic acids is 2. The van der Waals surface area contributed by atoms with Crippen molar-refractivity contribution >= 4 is 11.8 Å². The van der Waals surface area contributed by atoms with Crippen molar-refractivity contribution in [3.63, 3.8) is 0 Å². The van der Waals surface area contributed by atoms with Crippen molar-refractivity contribution in [2.24, 2.45) is 5.41 Å². The molecule has 0 aliphatic rings. The van der Waals surface area contributed by atoms with Crippen LogP contribution >= 0.6 is 0 Å². The van der Waals surface area contributed by atoms with Crippen LogP contribution in [-0.2, 0) is 11.4 Å². The Balaban J connectivity index is 1.81. The normalized spacial score (nSPS) is 11.0. The highest BCUT2D eigenvalue weighted by molar-refractivity contribution is 5.93. The van der Waals surface area contributed by atoms with Gasteiger partial charge in [0.05, 0.1) is 0 Å². The second-order valence-corrected chi connectivity index (χ2v) is 6.61. The molecule has 0 saturated heterocycles. The van der Waals surface area contributed by atoms with E-state index >= 15 is 0 Å². The van der Waals surface area contributed by atoms with Gasteiger partial charge >= 0.3 is 5.91 Å². The highest BCUT2D eigenvalue weighted by Crippen LogP contribution is 2.17. The Kier molecular flexibility index (Phi) is 5.63. The maximum Gasteiger partial charge on any atom is 0.305 e. The summed E-state index contributed by atoms with van der Waals surface area (Å²) in [6, 6.07) is 12.5. The SMILES string of the molecule is CC(C)(C)CC(=O)NNC(=O)c1ccc(COc2ccccc2)o1. The summed E-state index contributed by atoms with van der Waals surface area (Å²) in [7, 11) is 0. The molecular formula is C18H22N2O4. The number of ether oxygens (including phenoxy) is 1. The largest absolute Gasteiger partial charge is 0.486 e. The van der Waals surface area contributed by atoms with Gasteiger partial charge in [0.2, 0.25) is 5.91 Å². The van der Waals surface area contributed by atoms with Gasteiger partial charge in [0, 0.05) is 6.42 Å². The fourth-order valence-corrected chi connectivity index (χ4v) is 1.96. The molecule has 128 valence electrons. The van der Waals surface area contributed by atoms with Crippen molar-refractivity contribution in [1.29, 1.82) is 0 Å². The Morgan fingerprint density at radius 2 is 1.75 bits per heavy atom. The Morgan fingerprint density at radius 1 is 1.04 bits per heavy atom. The van der Waals surface area contributed by atoms with Gasteiger partial charge in [-0.15, -0.1) is 0 Å². The number of benzene rings is 1. The molecule has 6 nitrogen and oxygen atoms in total. The van der Waals surface area contributed by atoms with Crippen LogP contribution in [0.25, 0.3) is 0 Å². The van der Waals surface area contributed by atoms with Crippen LogP contribution in [0.5, 0.6) is 5.75 Å². The van der Waals surface area contributed by atoms with Gasteiger partial charge in [-0.1, -0.05) is 39.0 Å². The van der Waals surface area contributed by atoms with Crippen molar-refractivity contribution in [1.82, 2.24) is 10.9 Å². The van der Waals surface area contributed by atoms with Gasteiger partial charge in [-0.3, -0.25) is 20.4 Å². The summed E-state index contributed by atoms with van der Waals surface area (Å²) in [4.78, 5) is 23.6. The molecule has 1 aromatic carbocycles. The minimum atomic E-state index is -0.511. The molecule has 0 aliphatic carbocycles. The molecule has 1 heterocycles. The molecule has 0 fully saturated rings. The van der Waals surface area contributed by atoms with E-state index in [0.717, 1.165) is 0 Å². The van der Waals surface area contributed by atoms with Crippen molar-refractivity contribution in [3.8, 4) is 5.75 Å². The van der Waals surface area contributed by atoms with Gasteiger partial charge in [-0.25, -0.2) is 0 Å². The van der Waals surface area contributed by atoms with E-state index < -0.39 is 5.91 Å². The van der Waals surface area contributed by atoms with Crippen LogP contribution in [0.4, 0.5) is 0 Å². The number of hydrogen-bond donors (Lipinski definition) is 2. The zero-order valence-electron chi connectivity index (χ0n) is 14.1. The molecule has 0 aliphatic heterocycles. The molecule has 0 saturated carbocycles. The van der Waals surface area contributed by atoms with Crippen molar-refractivity contribution < 1.29 is 18.7 Å². The first kappa shape index (κ1) is 17.6. The van der Waals surface area contributed by atoms with E-state index in [4.69, 9.17) is 9.15 Å². The lowest BCUT2D eigenvalue weighted by Gasteiger charge is -2.17. The molecule has 1 aromatic heterocycles. The monoisotopic (exact) mass is 330 g/mol. The van der Waals surface area contributed by atoms with E-state index in [1.165, 1.54) is 6.07 Å². The number of carbonyl (C=O) groups is 2. The predicted molar refractivity (Wildman–Crippen MR) is 89.2 cm³/mol. The van der Waals surface area contributed by atoms with Gasteiger partial charge in [0.1, 0.15) is 18.1 Å². The predicted octanol–water partition coefficient (Wildman–Crippen LogP) is 3.06. The summed E-state index contributed by atoms with van der Waals surface area (Å²) in [5.74, 6) is 0.579. The van der Waals surface area contributed by atoms with E-state index in [1.807, 2.05) is 51.1 Å². The van der Waals surface area contributed by atoms with Crippen LogP contribution in [0.2, 0.25) is 0 Å². The molecule has 6 heteroatoms. The summed E-state index contributed by atoms with van der Waals surface area (Å²) in [5.41, 5.74) is 4.56. The lowest BCUT2D eigenvalue weighted by molar-refractivity contribution is -0.123. The van der Waals surface area contributed by atoms with Crippen LogP contribution in [0.3, 0.4) is 0 Å². The van der Waals surface area contributed by atoms with Crippen LogP contribution < -0.4 is 15.6 Å². The van der Waals surface area contributed by atoms with E-state index in [1.54, 1.807) is 6.07 Å². The maximum atomic E-state index is 11.9. The summed E-state index contributed by atoms with van der Waals surface area (Å²) in [5, 5.41) is 0. The van der Waals surface area contributed by atoms with Gasteiger partial charge in [0.15, 0.2) is 5.76 Å². The topological polar surface area (TPSA) is 80.6 Å². The van der Waals surface area contributed by atoms with Gasteiger partial charge in [-0.05, 0) is 29.7 Å². The standard InChI is InChI=1S/C18H22N2O4/c1-18(2,3)11-16(21)19-20-17(22)15-10-9-14(24-15)12-23-13-7-5-4-6-8-13/h4-10H,11-12H2,1-3H3,(H,19,21)(H,20,22). The number of furan rings is 1. The molecule has 0 spiro atoms. The minimum Gasteiger partial charge on any atom is -0.486 e. The fraction of sp³-hybridized carbons (Fsp3) is 0.333. The van der Waals surface area contributed by atoms with Crippen molar-refractivity contribution in [2.75, 3.05) is 0 Å². The molecule has 0 bridgehead atoms. The third-order valence-electron chi connectivity index (χ3n) is 3.02. The van der Waals surface area contributed by atoms with Crippen molar-refractivity contribution in [3.05, 3.63) is 54.0 Å². The first-order valence-corrected chi connectivity index (χ1v) is 7.69. The second-order valence-electron chi connectivity index (χ2n) is 6.61. The van der Waals surface area contributed by atoms with Gasteiger partial charge < -0.3 is 9.15 Å². The average molecular weight is 330 g/mol. The number of rotatable bonds is 5. The Bertz CT molecular complexity index is 687. The zero-order chi connectivity index (χ0) is 17.6. The van der Waals surface area contributed by atoms with E-state index in [-0.39, 0.29) is 23.7 Å². The van der Waals surface area contributed by atoms with Gasteiger partial charge in [0.25, 0.3) is 0 Å². The number of nitrogens with one attached hydrogen (secondary N) is 2. The fourth-order valence-electron chi connectivity index (χ4n) is 1.96. The Labute approximate surface area is 141 Å². The summed E-state index contributed by atoms with van der Waals surface area (Å²) >= 11 is 0. The molecule has 0 radical (unpaired) electrons. The first-order valence-electron chi connectivity index (χ1n) is 7.69. The molecule has 2 N–H and O–H groups in total. The van der Waals surface area contributed by atoms with E-state index in [2.05, 4.69) is 10.9 Å². The van der Waals surface area contributed by atoms with Gasteiger partial charge in [-0.2, -0.15) is 0 Å². The molecule has 0 unspecified atom stereocenters. The quantitative estimate of drug-likeness (QED) is 0.826. The van der Waals surface area contributed by atoms with Crippen LogP contribution in [0.15, 0.2) is 46.9 Å². The number of hydrazine groups is 1. The number of hydrogen-bond acceptors (Lipinski definition) is 4. The van der Waals surface area contributed by atoms with Crippen LogP contribution in [0, 0.1) is 5.41 Å². The summed E-state index contributed by atoms with van der Waals surface area (Å²) < 4.78 is 11.0. The molecular weight excluding hydrogens is 308 g/mol. The van der Waals surface area contributed by atoms with Crippen LogP contribution in [-0.4, -0.2) is 11.8 Å². The number of amides is 2. The smallest absolute Gasteiger partial charge is 0.305 e. The number of para-hydroxylation sites is 1. The highest BCUT2D eigenvalue weighted by atomic mass is 16.5. The molecule has 24 heavy (non-hydrogen) atoms. The van der Waals surface area contributed by atoms with Crippen molar-refractivity contribution in [2.45, 2.75) is 33.8 Å². The molecule has 2 aromatic rings. The Hall–Kier alpha value is -2.76. The zero-order valence-corrected chi connectivity index (χ0v) is 14.1. The molecule has 0 atom stereocenters. The Morgan fingerprint density at radius 3 is 2.42 bits per heavy atom. The molecule has 2 amide bonds. The van der Waals surface area contributed by atoms with E-state index in [9.17, 15) is 9.59 Å². The first-order chi connectivity index (χ1) is 11.3. The average Bonchev–Trinajstić information content (AvgIpc) is 2.99. The third kappa shape index (κ3) is 5.79. The maximum absolute atomic E-state index is 11.9. The lowest BCUT2D eigenvalue weighted by atomic mass is 9.92.